The molecule has 1 N–H and O–H groups in total. The lowest BCUT2D eigenvalue weighted by molar-refractivity contribution is -0.115. The highest BCUT2D eigenvalue weighted by Crippen LogP contribution is 2.31. The number of benzene rings is 2. The zero-order chi connectivity index (χ0) is 23.7. The number of nitrogens with zero attached hydrogens (tertiary/aromatic N) is 2. The molecule has 3 heterocycles. The number of anilines is 1. The second-order valence-electron chi connectivity index (χ2n) is 8.22. The first-order valence-corrected chi connectivity index (χ1v) is 11.0. The highest BCUT2D eigenvalue weighted by molar-refractivity contribution is 5.96. The summed E-state index contributed by atoms with van der Waals surface area (Å²) in [6, 6.07) is 15.2. The molecule has 0 aliphatic rings. The van der Waals surface area contributed by atoms with Gasteiger partial charge in [-0.05, 0) is 49.2 Å². The van der Waals surface area contributed by atoms with Crippen molar-refractivity contribution in [1.82, 2.24) is 9.38 Å². The van der Waals surface area contributed by atoms with Gasteiger partial charge in [-0.3, -0.25) is 4.79 Å². The first-order valence-electron chi connectivity index (χ1n) is 11.0. The van der Waals surface area contributed by atoms with Gasteiger partial charge < -0.3 is 23.6 Å². The third-order valence-corrected chi connectivity index (χ3v) is 5.93. The van der Waals surface area contributed by atoms with E-state index in [-0.39, 0.29) is 18.9 Å². The molecule has 0 saturated heterocycles. The van der Waals surface area contributed by atoms with Crippen molar-refractivity contribution in [1.29, 1.82) is 0 Å². The second kappa shape index (κ2) is 8.94. The standard InChI is InChI=1S/C27H25N3O4/c1-17-7-9-22-19(15-34-27(22)18(17)2)12-26(31)29-20-8-10-23(32-3)24(13-20)33-16-21-14-30-11-5-4-6-25(30)28-21/h4-11,13-15H,12,16H2,1-3H3,(H,29,31). The van der Waals surface area contributed by atoms with Crippen LogP contribution >= 0.6 is 0 Å². The molecule has 7 nitrogen and oxygen atoms in total. The van der Waals surface area contributed by atoms with Crippen molar-refractivity contribution in [3.63, 3.8) is 0 Å². The van der Waals surface area contributed by atoms with Crippen molar-refractivity contribution in [3.8, 4) is 11.5 Å². The van der Waals surface area contributed by atoms with E-state index < -0.39 is 0 Å². The number of methoxy groups -OCH3 is 1. The fraction of sp³-hybridized carbons (Fsp3) is 0.185. The van der Waals surface area contributed by atoms with Gasteiger partial charge in [-0.15, -0.1) is 0 Å². The smallest absolute Gasteiger partial charge is 0.228 e. The minimum absolute atomic E-state index is 0.141. The molecule has 0 bridgehead atoms. The minimum atomic E-state index is -0.141. The summed E-state index contributed by atoms with van der Waals surface area (Å²) in [5.74, 6) is 0.961. The Bertz CT molecular complexity index is 1470. The topological polar surface area (TPSA) is 78.0 Å². The number of carbonyl (C=O) groups excluding carboxylic acids is 1. The van der Waals surface area contributed by atoms with Gasteiger partial charge in [0.05, 0.1) is 25.5 Å². The predicted molar refractivity (Wildman–Crippen MR) is 131 cm³/mol. The Labute approximate surface area is 196 Å². The third-order valence-electron chi connectivity index (χ3n) is 5.93. The summed E-state index contributed by atoms with van der Waals surface area (Å²) < 4.78 is 19.1. The number of amides is 1. The van der Waals surface area contributed by atoms with E-state index in [9.17, 15) is 4.79 Å². The average Bonchev–Trinajstić information content (AvgIpc) is 3.44. The Morgan fingerprint density at radius 1 is 1.12 bits per heavy atom. The average molecular weight is 456 g/mol. The maximum absolute atomic E-state index is 12.8. The van der Waals surface area contributed by atoms with Crippen LogP contribution in [0.5, 0.6) is 11.5 Å². The fourth-order valence-corrected chi connectivity index (χ4v) is 3.98. The first kappa shape index (κ1) is 21.6. The van der Waals surface area contributed by atoms with Gasteiger partial charge in [0, 0.05) is 35.1 Å². The maximum Gasteiger partial charge on any atom is 0.228 e. The number of carbonyl (C=O) groups is 1. The molecular weight excluding hydrogens is 430 g/mol. The number of ether oxygens (including phenoxy) is 2. The molecule has 0 atom stereocenters. The summed E-state index contributed by atoms with van der Waals surface area (Å²) in [7, 11) is 1.58. The van der Waals surface area contributed by atoms with Crippen LogP contribution in [0.15, 0.2) is 71.6 Å². The molecule has 34 heavy (non-hydrogen) atoms. The molecular formula is C27H25N3O4. The number of aromatic nitrogens is 2. The molecule has 0 radical (unpaired) electrons. The molecule has 0 saturated carbocycles. The molecule has 172 valence electrons. The van der Waals surface area contributed by atoms with Crippen molar-refractivity contribution in [2.24, 2.45) is 0 Å². The number of hydrogen-bond donors (Lipinski definition) is 1. The predicted octanol–water partition coefficient (Wildman–Crippen LogP) is 5.47. The lowest BCUT2D eigenvalue weighted by Crippen LogP contribution is -2.14. The van der Waals surface area contributed by atoms with E-state index in [1.807, 2.05) is 61.0 Å². The molecule has 0 aliphatic heterocycles. The number of furan rings is 1. The highest BCUT2D eigenvalue weighted by atomic mass is 16.5. The number of fused-ring (bicyclic) bond motifs is 2. The number of rotatable bonds is 7. The highest BCUT2D eigenvalue weighted by Gasteiger charge is 2.14. The summed E-state index contributed by atoms with van der Waals surface area (Å²) in [6.07, 6.45) is 5.73. The molecule has 5 rings (SSSR count). The molecule has 0 aliphatic carbocycles. The van der Waals surface area contributed by atoms with E-state index in [1.54, 1.807) is 31.6 Å². The molecule has 1 amide bonds. The fourth-order valence-electron chi connectivity index (χ4n) is 3.98. The number of pyridine rings is 1. The van der Waals surface area contributed by atoms with Crippen LogP contribution in [-0.2, 0) is 17.8 Å². The zero-order valence-electron chi connectivity index (χ0n) is 19.3. The van der Waals surface area contributed by atoms with Crippen molar-refractivity contribution < 1.29 is 18.7 Å². The van der Waals surface area contributed by atoms with Gasteiger partial charge in [-0.1, -0.05) is 18.2 Å². The second-order valence-corrected chi connectivity index (χ2v) is 8.22. The Morgan fingerprint density at radius 3 is 2.82 bits per heavy atom. The van der Waals surface area contributed by atoms with Crippen LogP contribution in [0.25, 0.3) is 16.6 Å². The van der Waals surface area contributed by atoms with Gasteiger partial charge in [0.2, 0.25) is 5.91 Å². The summed E-state index contributed by atoms with van der Waals surface area (Å²) in [6.45, 7) is 4.34. The van der Waals surface area contributed by atoms with Gasteiger partial charge in [-0.25, -0.2) is 4.98 Å². The van der Waals surface area contributed by atoms with Crippen LogP contribution in [0.2, 0.25) is 0 Å². The molecule has 3 aromatic heterocycles. The van der Waals surface area contributed by atoms with E-state index in [0.29, 0.717) is 17.2 Å². The van der Waals surface area contributed by atoms with E-state index in [2.05, 4.69) is 10.3 Å². The van der Waals surface area contributed by atoms with Gasteiger partial charge in [0.1, 0.15) is 17.8 Å². The van der Waals surface area contributed by atoms with Crippen molar-refractivity contribution >= 4 is 28.2 Å². The summed E-state index contributed by atoms with van der Waals surface area (Å²) in [4.78, 5) is 17.3. The van der Waals surface area contributed by atoms with Gasteiger partial charge in [-0.2, -0.15) is 0 Å². The first-order chi connectivity index (χ1) is 16.5. The molecule has 0 spiro atoms. The third kappa shape index (κ3) is 4.20. The number of hydrogen-bond acceptors (Lipinski definition) is 5. The van der Waals surface area contributed by atoms with Crippen LogP contribution in [0.3, 0.4) is 0 Å². The molecule has 0 fully saturated rings. The van der Waals surface area contributed by atoms with E-state index >= 15 is 0 Å². The van der Waals surface area contributed by atoms with Crippen LogP contribution in [0, 0.1) is 13.8 Å². The van der Waals surface area contributed by atoms with Crippen LogP contribution in [0.4, 0.5) is 5.69 Å². The summed E-state index contributed by atoms with van der Waals surface area (Å²) in [5, 5.41) is 3.91. The van der Waals surface area contributed by atoms with Crippen molar-refractivity contribution in [3.05, 3.63) is 89.6 Å². The van der Waals surface area contributed by atoms with E-state index in [4.69, 9.17) is 13.9 Å². The van der Waals surface area contributed by atoms with Crippen LogP contribution in [0.1, 0.15) is 22.4 Å². The minimum Gasteiger partial charge on any atom is -0.493 e. The van der Waals surface area contributed by atoms with Crippen molar-refractivity contribution in [2.75, 3.05) is 12.4 Å². The lowest BCUT2D eigenvalue weighted by Gasteiger charge is -2.12. The number of imidazole rings is 1. The maximum atomic E-state index is 12.8. The van der Waals surface area contributed by atoms with Gasteiger partial charge >= 0.3 is 0 Å². The lowest BCUT2D eigenvalue weighted by atomic mass is 10.0. The molecule has 2 aromatic carbocycles. The monoisotopic (exact) mass is 455 g/mol. The molecule has 0 unspecified atom stereocenters. The van der Waals surface area contributed by atoms with Gasteiger partial charge in [0.25, 0.3) is 0 Å². The van der Waals surface area contributed by atoms with Crippen LogP contribution in [-0.4, -0.2) is 22.4 Å². The number of aryl methyl sites for hydroxylation is 2. The van der Waals surface area contributed by atoms with Gasteiger partial charge in [0.15, 0.2) is 11.5 Å². The van der Waals surface area contributed by atoms with Crippen molar-refractivity contribution in [2.45, 2.75) is 26.9 Å². The zero-order valence-corrected chi connectivity index (χ0v) is 19.3. The largest absolute Gasteiger partial charge is 0.493 e. The Balaban J connectivity index is 1.30. The Morgan fingerprint density at radius 2 is 2.00 bits per heavy atom. The summed E-state index contributed by atoms with van der Waals surface area (Å²) >= 11 is 0. The normalized spacial score (nSPS) is 11.1. The molecule has 7 heteroatoms. The quantitative estimate of drug-likeness (QED) is 0.352. The Hall–Kier alpha value is -4.26. The summed E-state index contributed by atoms with van der Waals surface area (Å²) in [5.41, 5.74) is 6.20. The van der Waals surface area contributed by atoms with E-state index in [1.165, 1.54) is 0 Å². The number of nitrogens with one attached hydrogen (secondary N) is 1. The van der Waals surface area contributed by atoms with E-state index in [0.717, 1.165) is 39.0 Å². The molecule has 5 aromatic rings. The Kier molecular flexibility index (Phi) is 5.67. The SMILES string of the molecule is COc1ccc(NC(=O)Cc2coc3c(C)c(C)ccc23)cc1OCc1cn2ccccc2n1. The van der Waals surface area contributed by atoms with Crippen LogP contribution < -0.4 is 14.8 Å².